The molecule has 0 bridgehead atoms. The number of rotatable bonds is 7. The number of aryl methyl sites for hydroxylation is 2. The molecule has 0 aliphatic carbocycles. The van der Waals surface area contributed by atoms with E-state index in [9.17, 15) is 4.79 Å². The van der Waals surface area contributed by atoms with Gasteiger partial charge in [0.2, 0.25) is 5.91 Å². The Balaban J connectivity index is 1.32. The van der Waals surface area contributed by atoms with Crippen molar-refractivity contribution in [1.82, 2.24) is 4.90 Å². The molecule has 4 rings (SSSR count). The summed E-state index contributed by atoms with van der Waals surface area (Å²) >= 11 is 1.83. The number of anilines is 1. The molecule has 1 atom stereocenters. The number of nitrogens with one attached hydrogen (secondary N) is 1. The maximum atomic E-state index is 13.0. The molecule has 3 aromatic carbocycles. The molecule has 0 aromatic heterocycles. The van der Waals surface area contributed by atoms with Crippen LogP contribution in [0.4, 0.5) is 5.69 Å². The summed E-state index contributed by atoms with van der Waals surface area (Å²) in [6.45, 7) is 7.01. The van der Waals surface area contributed by atoms with E-state index in [1.807, 2.05) is 17.8 Å². The maximum Gasteiger partial charge on any atom is 0.228 e. The van der Waals surface area contributed by atoms with E-state index >= 15 is 0 Å². The number of likely N-dealkylation sites (tertiary alicyclic amines) is 1. The number of benzene rings is 3. The minimum atomic E-state index is 0.0428. The van der Waals surface area contributed by atoms with Gasteiger partial charge < -0.3 is 5.32 Å². The molecule has 1 heterocycles. The monoisotopic (exact) mass is 444 g/mol. The second-order valence-corrected chi connectivity index (χ2v) is 9.85. The summed E-state index contributed by atoms with van der Waals surface area (Å²) in [7, 11) is 0. The maximum absolute atomic E-state index is 13.0. The van der Waals surface area contributed by atoms with Gasteiger partial charge in [-0.05, 0) is 68.1 Å². The molecular formula is C28H32N2OS. The zero-order chi connectivity index (χ0) is 22.3. The van der Waals surface area contributed by atoms with Crippen LogP contribution in [0.1, 0.15) is 35.1 Å². The van der Waals surface area contributed by atoms with E-state index < -0.39 is 0 Å². The van der Waals surface area contributed by atoms with Crippen LogP contribution in [0, 0.1) is 19.8 Å². The van der Waals surface area contributed by atoms with Gasteiger partial charge in [-0.3, -0.25) is 9.69 Å². The first-order valence-corrected chi connectivity index (χ1v) is 12.4. The molecule has 1 fully saturated rings. The lowest BCUT2D eigenvalue weighted by Gasteiger charge is -2.32. The van der Waals surface area contributed by atoms with Crippen molar-refractivity contribution in [2.45, 2.75) is 43.9 Å². The van der Waals surface area contributed by atoms with Crippen molar-refractivity contribution in [3.63, 3.8) is 0 Å². The third-order valence-corrected chi connectivity index (χ3v) is 7.15. The fourth-order valence-corrected chi connectivity index (χ4v) is 5.22. The number of amides is 1. The van der Waals surface area contributed by atoms with Crippen molar-refractivity contribution in [3.8, 4) is 0 Å². The highest BCUT2D eigenvalue weighted by Crippen LogP contribution is 2.26. The molecule has 1 amide bonds. The normalized spacial score (nSPS) is 16.6. The summed E-state index contributed by atoms with van der Waals surface area (Å²) < 4.78 is 0. The van der Waals surface area contributed by atoms with Gasteiger partial charge in [0.15, 0.2) is 0 Å². The third-order valence-electron chi connectivity index (χ3n) is 6.06. The van der Waals surface area contributed by atoms with E-state index in [2.05, 4.69) is 90.8 Å². The smallest absolute Gasteiger partial charge is 0.228 e. The quantitative estimate of drug-likeness (QED) is 0.425. The fourth-order valence-electron chi connectivity index (χ4n) is 4.36. The van der Waals surface area contributed by atoms with E-state index in [1.165, 1.54) is 21.6 Å². The molecule has 0 spiro atoms. The van der Waals surface area contributed by atoms with Gasteiger partial charge in [-0.15, -0.1) is 11.8 Å². The van der Waals surface area contributed by atoms with Crippen molar-refractivity contribution in [2.75, 3.05) is 18.4 Å². The predicted octanol–water partition coefficient (Wildman–Crippen LogP) is 6.45. The van der Waals surface area contributed by atoms with E-state index in [0.29, 0.717) is 0 Å². The zero-order valence-electron chi connectivity index (χ0n) is 19.0. The van der Waals surface area contributed by atoms with Crippen molar-refractivity contribution in [1.29, 1.82) is 0 Å². The number of hydrogen-bond donors (Lipinski definition) is 1. The summed E-state index contributed by atoms with van der Waals surface area (Å²) in [6.07, 6.45) is 2.03. The molecule has 1 aliphatic heterocycles. The first-order valence-electron chi connectivity index (χ1n) is 11.4. The molecule has 1 N–H and O–H groups in total. The molecule has 166 valence electrons. The zero-order valence-corrected chi connectivity index (χ0v) is 19.8. The largest absolute Gasteiger partial charge is 0.326 e. The highest BCUT2D eigenvalue weighted by Gasteiger charge is 2.26. The molecule has 1 unspecified atom stereocenters. The van der Waals surface area contributed by atoms with Crippen LogP contribution in [0.2, 0.25) is 0 Å². The molecule has 0 saturated carbocycles. The fraction of sp³-hybridized carbons (Fsp3) is 0.321. The minimum Gasteiger partial charge on any atom is -0.326 e. The van der Waals surface area contributed by atoms with E-state index in [4.69, 9.17) is 0 Å². The van der Waals surface area contributed by atoms with Crippen LogP contribution in [-0.2, 0) is 17.1 Å². The lowest BCUT2D eigenvalue weighted by atomic mass is 9.96. The average molecular weight is 445 g/mol. The van der Waals surface area contributed by atoms with Gasteiger partial charge in [0, 0.05) is 29.4 Å². The summed E-state index contributed by atoms with van der Waals surface area (Å²) in [4.78, 5) is 16.7. The average Bonchev–Trinajstić information content (AvgIpc) is 2.80. The van der Waals surface area contributed by atoms with Gasteiger partial charge in [0.25, 0.3) is 0 Å². The Morgan fingerprint density at radius 2 is 1.84 bits per heavy atom. The second-order valence-electron chi connectivity index (χ2n) is 8.80. The molecule has 1 aliphatic rings. The topological polar surface area (TPSA) is 32.3 Å². The molecular weight excluding hydrogens is 412 g/mol. The number of nitrogens with zero attached hydrogens (tertiary/aromatic N) is 1. The van der Waals surface area contributed by atoms with Gasteiger partial charge in [-0.25, -0.2) is 0 Å². The van der Waals surface area contributed by atoms with E-state index in [0.717, 1.165) is 49.5 Å². The molecule has 3 nitrogen and oxygen atoms in total. The predicted molar refractivity (Wildman–Crippen MR) is 135 cm³/mol. The summed E-state index contributed by atoms with van der Waals surface area (Å²) in [5, 5.41) is 3.20. The van der Waals surface area contributed by atoms with Gasteiger partial charge >= 0.3 is 0 Å². The number of thioether (sulfide) groups is 1. The van der Waals surface area contributed by atoms with Crippen molar-refractivity contribution >= 4 is 23.4 Å². The molecule has 4 heteroatoms. The van der Waals surface area contributed by atoms with Gasteiger partial charge in [-0.2, -0.15) is 0 Å². The molecule has 1 saturated heterocycles. The first-order chi connectivity index (χ1) is 15.6. The van der Waals surface area contributed by atoms with Gasteiger partial charge in [-0.1, -0.05) is 60.2 Å². The second kappa shape index (κ2) is 10.8. The van der Waals surface area contributed by atoms with Crippen molar-refractivity contribution in [3.05, 3.63) is 95.1 Å². The van der Waals surface area contributed by atoms with Crippen LogP contribution in [0.5, 0.6) is 0 Å². The van der Waals surface area contributed by atoms with Crippen LogP contribution in [0.25, 0.3) is 0 Å². The SMILES string of the molecule is Cc1cccc(CN2CCCC(C(=O)Nc3ccc(CSc4ccccc4)cc3C)C2)c1. The Hall–Kier alpha value is -2.56. The highest BCUT2D eigenvalue weighted by molar-refractivity contribution is 7.98. The van der Waals surface area contributed by atoms with Crippen LogP contribution in [0.15, 0.2) is 77.7 Å². The molecule has 3 aromatic rings. The summed E-state index contributed by atoms with van der Waals surface area (Å²) in [5.41, 5.74) is 5.94. The Morgan fingerprint density at radius 3 is 2.62 bits per heavy atom. The summed E-state index contributed by atoms with van der Waals surface area (Å²) in [5.74, 6) is 1.12. The van der Waals surface area contributed by atoms with Crippen LogP contribution < -0.4 is 5.32 Å². The molecule has 0 radical (unpaired) electrons. The third kappa shape index (κ3) is 6.24. The Morgan fingerprint density at radius 1 is 1.00 bits per heavy atom. The first kappa shape index (κ1) is 22.6. The number of carbonyl (C=O) groups excluding carboxylic acids is 1. The highest BCUT2D eigenvalue weighted by atomic mass is 32.2. The lowest BCUT2D eigenvalue weighted by Crippen LogP contribution is -2.40. The van der Waals surface area contributed by atoms with Crippen LogP contribution in [-0.4, -0.2) is 23.9 Å². The van der Waals surface area contributed by atoms with Crippen molar-refractivity contribution < 1.29 is 4.79 Å². The van der Waals surface area contributed by atoms with E-state index in [1.54, 1.807) is 0 Å². The standard InChI is InChI=1S/C28H32N2OS/c1-21-8-6-9-23(16-21)18-30-15-7-10-25(19-30)28(31)29-27-14-13-24(17-22(27)2)20-32-26-11-4-3-5-12-26/h3-6,8-9,11-14,16-17,25H,7,10,15,18-20H2,1-2H3,(H,29,31). The van der Waals surface area contributed by atoms with Crippen LogP contribution in [0.3, 0.4) is 0 Å². The van der Waals surface area contributed by atoms with Crippen molar-refractivity contribution in [2.24, 2.45) is 5.92 Å². The number of piperidine rings is 1. The number of hydrogen-bond acceptors (Lipinski definition) is 3. The molecule has 32 heavy (non-hydrogen) atoms. The van der Waals surface area contributed by atoms with E-state index in [-0.39, 0.29) is 11.8 Å². The number of carbonyl (C=O) groups is 1. The lowest BCUT2D eigenvalue weighted by molar-refractivity contribution is -0.121. The minimum absolute atomic E-state index is 0.0428. The Labute approximate surface area is 196 Å². The van der Waals surface area contributed by atoms with Gasteiger partial charge in [0.05, 0.1) is 5.92 Å². The van der Waals surface area contributed by atoms with Crippen LogP contribution >= 0.6 is 11.8 Å². The Kier molecular flexibility index (Phi) is 7.67. The Bertz CT molecular complexity index is 1050. The summed E-state index contributed by atoms with van der Waals surface area (Å²) in [6, 6.07) is 25.5. The van der Waals surface area contributed by atoms with Gasteiger partial charge in [0.1, 0.15) is 0 Å².